The Morgan fingerprint density at radius 1 is 1.36 bits per heavy atom. The Morgan fingerprint density at radius 2 is 2.05 bits per heavy atom. The van der Waals surface area contributed by atoms with Gasteiger partial charge >= 0.3 is 11.9 Å². The number of hydrogen-bond acceptors (Lipinski definition) is 7. The number of carbonyl (C=O) groups is 3. The fourth-order valence-electron chi connectivity index (χ4n) is 2.83. The van der Waals surface area contributed by atoms with Crippen LogP contribution in [-0.4, -0.2) is 33.7 Å². The van der Waals surface area contributed by atoms with Gasteiger partial charge in [0.05, 0.1) is 10.7 Å². The van der Waals surface area contributed by atoms with Gasteiger partial charge in [-0.3, -0.25) is 14.4 Å². The molecule has 2 aliphatic rings. The number of ether oxygens (including phenoxy) is 2. The van der Waals surface area contributed by atoms with Crippen LogP contribution >= 0.6 is 23.5 Å². The molecule has 2 aliphatic heterocycles. The van der Waals surface area contributed by atoms with Crippen molar-refractivity contribution in [1.82, 2.24) is 0 Å². The van der Waals surface area contributed by atoms with Gasteiger partial charge in [0.1, 0.15) is 12.5 Å². The van der Waals surface area contributed by atoms with Crippen LogP contribution in [0.5, 0.6) is 0 Å². The Morgan fingerprint density at radius 3 is 2.64 bits per heavy atom. The molecule has 0 aliphatic carbocycles. The summed E-state index contributed by atoms with van der Waals surface area (Å²) in [4.78, 5) is 35.7. The van der Waals surface area contributed by atoms with Crippen LogP contribution < -0.4 is 0 Å². The molecule has 0 radical (unpaired) electrons. The van der Waals surface area contributed by atoms with Gasteiger partial charge < -0.3 is 9.47 Å². The lowest BCUT2D eigenvalue weighted by Crippen LogP contribution is -2.34. The number of carbonyl (C=O) groups excluding carboxylic acids is 3. The Hall–Kier alpha value is -0.690. The minimum atomic E-state index is -0.543. The summed E-state index contributed by atoms with van der Waals surface area (Å²) in [5.74, 6) is -0.810. The summed E-state index contributed by atoms with van der Waals surface area (Å²) in [5, 5.41) is -0.240. The summed E-state index contributed by atoms with van der Waals surface area (Å²) in [7, 11) is 0. The summed E-state index contributed by atoms with van der Waals surface area (Å²) in [6.07, 6.45) is 1.43. The fourth-order valence-corrected chi connectivity index (χ4v) is 5.40. The molecule has 0 aromatic heterocycles. The Labute approximate surface area is 139 Å². The van der Waals surface area contributed by atoms with E-state index in [1.807, 2.05) is 13.8 Å². The van der Waals surface area contributed by atoms with Crippen molar-refractivity contribution in [2.75, 3.05) is 6.61 Å². The largest absolute Gasteiger partial charge is 0.464 e. The molecule has 2 fully saturated rings. The first-order chi connectivity index (χ1) is 10.3. The molecule has 0 saturated carbocycles. The van der Waals surface area contributed by atoms with Crippen molar-refractivity contribution < 1.29 is 23.9 Å². The van der Waals surface area contributed by atoms with Crippen molar-refractivity contribution in [3.8, 4) is 0 Å². The molecule has 124 valence electrons. The molecular weight excluding hydrogens is 324 g/mol. The first kappa shape index (κ1) is 17.7. The second kappa shape index (κ2) is 6.83. The molecule has 22 heavy (non-hydrogen) atoms. The minimum absolute atomic E-state index is 0.00659. The van der Waals surface area contributed by atoms with Crippen molar-refractivity contribution in [3.63, 3.8) is 0 Å². The van der Waals surface area contributed by atoms with E-state index < -0.39 is 16.8 Å². The number of rotatable bonds is 6. The van der Waals surface area contributed by atoms with Crippen LogP contribution in [0, 0.1) is 17.3 Å². The van der Waals surface area contributed by atoms with Gasteiger partial charge in [0.25, 0.3) is 0 Å². The molecule has 0 bridgehead atoms. The maximum Gasteiger partial charge on any atom is 0.314 e. The quantitative estimate of drug-likeness (QED) is 0.682. The van der Waals surface area contributed by atoms with Crippen LogP contribution in [0.1, 0.15) is 40.5 Å². The third-order valence-electron chi connectivity index (χ3n) is 4.17. The molecule has 2 rings (SSSR count). The first-order valence-corrected chi connectivity index (χ1v) is 9.27. The number of fused-ring (bicyclic) bond motifs is 1. The Balaban J connectivity index is 1.95. The standard InChI is InChI=1S/C15H22O5S2/c1-5-15(4,6-8(2)3)13(17)19-7-9-10-12(20-11(9)16)22-14(18)21-10/h8-10,12H,5-7H2,1-4H3. The van der Waals surface area contributed by atoms with E-state index in [-0.39, 0.29) is 28.2 Å². The first-order valence-electron chi connectivity index (χ1n) is 7.52. The number of hydrogen-bond donors (Lipinski definition) is 0. The maximum absolute atomic E-state index is 12.4. The van der Waals surface area contributed by atoms with Gasteiger partial charge in [0, 0.05) is 0 Å². The van der Waals surface area contributed by atoms with Gasteiger partial charge in [-0.1, -0.05) is 32.5 Å². The van der Waals surface area contributed by atoms with E-state index in [4.69, 9.17) is 9.47 Å². The maximum atomic E-state index is 12.4. The van der Waals surface area contributed by atoms with Crippen LogP contribution in [0.25, 0.3) is 0 Å². The summed E-state index contributed by atoms with van der Waals surface area (Å²) >= 11 is 2.15. The molecule has 5 nitrogen and oxygen atoms in total. The average Bonchev–Trinajstić information content (AvgIpc) is 2.90. The van der Waals surface area contributed by atoms with E-state index in [2.05, 4.69) is 13.8 Å². The van der Waals surface area contributed by atoms with E-state index in [0.717, 1.165) is 29.9 Å². The summed E-state index contributed by atoms with van der Waals surface area (Å²) in [6, 6.07) is 0. The Bertz CT molecular complexity index is 479. The van der Waals surface area contributed by atoms with E-state index in [1.165, 1.54) is 0 Å². The second-order valence-electron chi connectivity index (χ2n) is 6.47. The zero-order valence-corrected chi connectivity index (χ0v) is 14.9. The van der Waals surface area contributed by atoms with Crippen molar-refractivity contribution in [3.05, 3.63) is 0 Å². The number of thioether (sulfide) groups is 2. The van der Waals surface area contributed by atoms with Crippen LogP contribution in [0.4, 0.5) is 4.79 Å². The molecule has 0 aromatic carbocycles. The summed E-state index contributed by atoms with van der Waals surface area (Å²) in [5.41, 5.74) is -0.967. The molecule has 2 saturated heterocycles. The molecule has 4 unspecified atom stereocenters. The third kappa shape index (κ3) is 3.62. The molecule has 0 N–H and O–H groups in total. The fraction of sp³-hybridized carbons (Fsp3) is 0.800. The van der Waals surface area contributed by atoms with Gasteiger partial charge in [0.2, 0.25) is 4.45 Å². The zero-order chi connectivity index (χ0) is 16.5. The summed E-state index contributed by atoms with van der Waals surface area (Å²) < 4.78 is 10.5. The highest BCUT2D eigenvalue weighted by Gasteiger charge is 2.52. The van der Waals surface area contributed by atoms with Crippen LogP contribution in [-0.2, 0) is 19.1 Å². The molecular formula is C15H22O5S2. The van der Waals surface area contributed by atoms with Gasteiger partial charge in [-0.05, 0) is 37.4 Å². The lowest BCUT2D eigenvalue weighted by atomic mass is 9.80. The molecule has 0 aromatic rings. The molecule has 2 heterocycles. The van der Waals surface area contributed by atoms with Crippen LogP contribution in [0.3, 0.4) is 0 Å². The van der Waals surface area contributed by atoms with Gasteiger partial charge in [-0.2, -0.15) is 0 Å². The lowest BCUT2D eigenvalue weighted by molar-refractivity contribution is -0.159. The molecule has 0 amide bonds. The van der Waals surface area contributed by atoms with E-state index in [1.54, 1.807) is 0 Å². The van der Waals surface area contributed by atoms with E-state index in [0.29, 0.717) is 12.3 Å². The van der Waals surface area contributed by atoms with Crippen molar-refractivity contribution >= 4 is 39.9 Å². The topological polar surface area (TPSA) is 69.7 Å². The SMILES string of the molecule is CCC(C)(CC(C)C)C(=O)OCC1C(=O)OC2SC(=O)SC21. The predicted molar refractivity (Wildman–Crippen MR) is 86.5 cm³/mol. The van der Waals surface area contributed by atoms with Crippen LogP contribution in [0.2, 0.25) is 0 Å². The van der Waals surface area contributed by atoms with E-state index >= 15 is 0 Å². The van der Waals surface area contributed by atoms with E-state index in [9.17, 15) is 14.4 Å². The van der Waals surface area contributed by atoms with Crippen molar-refractivity contribution in [2.45, 2.75) is 51.2 Å². The second-order valence-corrected chi connectivity index (χ2v) is 8.95. The average molecular weight is 346 g/mol. The van der Waals surface area contributed by atoms with Crippen molar-refractivity contribution in [2.24, 2.45) is 17.3 Å². The van der Waals surface area contributed by atoms with Gasteiger partial charge in [0.15, 0.2) is 5.44 Å². The smallest absolute Gasteiger partial charge is 0.314 e. The third-order valence-corrected chi connectivity index (χ3v) is 6.77. The Kier molecular flexibility index (Phi) is 5.48. The van der Waals surface area contributed by atoms with Gasteiger partial charge in [-0.15, -0.1) is 0 Å². The van der Waals surface area contributed by atoms with Gasteiger partial charge in [-0.25, -0.2) is 0 Å². The zero-order valence-electron chi connectivity index (χ0n) is 13.3. The molecule has 0 spiro atoms. The predicted octanol–water partition coefficient (Wildman–Crippen LogP) is 3.46. The van der Waals surface area contributed by atoms with Crippen molar-refractivity contribution in [1.29, 1.82) is 0 Å². The normalized spacial score (nSPS) is 30.1. The highest BCUT2D eigenvalue weighted by atomic mass is 32.2. The number of esters is 2. The minimum Gasteiger partial charge on any atom is -0.464 e. The molecule has 4 atom stereocenters. The monoisotopic (exact) mass is 346 g/mol. The molecule has 7 heteroatoms. The highest BCUT2D eigenvalue weighted by molar-refractivity contribution is 8.41. The highest BCUT2D eigenvalue weighted by Crippen LogP contribution is 2.48. The van der Waals surface area contributed by atoms with Crippen LogP contribution in [0.15, 0.2) is 0 Å². The lowest BCUT2D eigenvalue weighted by Gasteiger charge is -2.28. The summed E-state index contributed by atoms with van der Waals surface area (Å²) in [6.45, 7) is 7.99.